The van der Waals surface area contributed by atoms with E-state index in [0.29, 0.717) is 16.2 Å². The fraction of sp³-hybridized carbons (Fsp3) is 0.438. The monoisotopic (exact) mass is 441 g/mol. The van der Waals surface area contributed by atoms with Crippen LogP contribution in [-0.4, -0.2) is 43.6 Å². The molecule has 1 aliphatic heterocycles. The van der Waals surface area contributed by atoms with Crippen molar-refractivity contribution >= 4 is 31.9 Å². The van der Waals surface area contributed by atoms with Gasteiger partial charge in [0.2, 0.25) is 16.0 Å². The van der Waals surface area contributed by atoms with Crippen molar-refractivity contribution in [1.29, 1.82) is 0 Å². The van der Waals surface area contributed by atoms with Gasteiger partial charge in [0, 0.05) is 17.6 Å². The molecule has 26 heavy (non-hydrogen) atoms. The second-order valence-electron chi connectivity index (χ2n) is 5.84. The predicted molar refractivity (Wildman–Crippen MR) is 101 cm³/mol. The first-order valence-corrected chi connectivity index (χ1v) is 10.6. The summed E-state index contributed by atoms with van der Waals surface area (Å²) in [7, 11) is -2.22. The van der Waals surface area contributed by atoms with Crippen LogP contribution in [0.5, 0.6) is 6.01 Å². The summed E-state index contributed by atoms with van der Waals surface area (Å²) in [6, 6.07) is 6.80. The van der Waals surface area contributed by atoms with E-state index in [1.807, 2.05) is 0 Å². The zero-order chi connectivity index (χ0) is 18.6. The average molecular weight is 442 g/mol. The van der Waals surface area contributed by atoms with E-state index in [1.54, 1.807) is 18.2 Å². The maximum Gasteiger partial charge on any atom is 0.321 e. The smallest absolute Gasteiger partial charge is 0.321 e. The first-order chi connectivity index (χ1) is 12.5. The molecule has 0 spiro atoms. The average Bonchev–Trinajstić information content (AvgIpc) is 2.67. The van der Waals surface area contributed by atoms with Crippen molar-refractivity contribution in [3.8, 4) is 6.01 Å². The van der Waals surface area contributed by atoms with Crippen molar-refractivity contribution in [3.05, 3.63) is 34.6 Å². The molecule has 0 atom stereocenters. The molecule has 0 aliphatic carbocycles. The predicted octanol–water partition coefficient (Wildman–Crippen LogP) is 2.11. The maximum absolute atomic E-state index is 12.5. The Hall–Kier alpha value is -1.78. The standard InChI is InChI=1S/C16H20BrN5O3S/c1-25-16-20-14(19-15(21-16)22-9-5-2-6-10-22)11-18-26(23,24)13-8-4-3-7-12(13)17/h3-4,7-8,18H,2,5-6,9-11H2,1H3. The van der Waals surface area contributed by atoms with Crippen LogP contribution in [0.25, 0.3) is 0 Å². The Balaban J connectivity index is 1.80. The number of anilines is 1. The number of rotatable bonds is 6. The molecule has 2 heterocycles. The second kappa shape index (κ2) is 8.28. The fourth-order valence-electron chi connectivity index (χ4n) is 2.69. The van der Waals surface area contributed by atoms with Crippen LogP contribution in [-0.2, 0) is 16.6 Å². The molecule has 1 N–H and O–H groups in total. The number of sulfonamides is 1. The number of piperidine rings is 1. The SMILES string of the molecule is COc1nc(CNS(=O)(=O)c2ccccc2Br)nc(N2CCCCC2)n1. The third-order valence-electron chi connectivity index (χ3n) is 4.02. The van der Waals surface area contributed by atoms with Gasteiger partial charge in [-0.2, -0.15) is 15.0 Å². The number of halogens is 1. The van der Waals surface area contributed by atoms with Gasteiger partial charge in [0.15, 0.2) is 5.82 Å². The molecule has 1 fully saturated rings. The van der Waals surface area contributed by atoms with Crippen molar-refractivity contribution < 1.29 is 13.2 Å². The van der Waals surface area contributed by atoms with Gasteiger partial charge in [0.1, 0.15) is 0 Å². The topological polar surface area (TPSA) is 97.3 Å². The third-order valence-corrected chi connectivity index (χ3v) is 6.43. The van der Waals surface area contributed by atoms with Crippen LogP contribution >= 0.6 is 15.9 Å². The van der Waals surface area contributed by atoms with Gasteiger partial charge in [-0.3, -0.25) is 0 Å². The van der Waals surface area contributed by atoms with Crippen molar-refractivity contribution in [3.63, 3.8) is 0 Å². The van der Waals surface area contributed by atoms with E-state index in [9.17, 15) is 8.42 Å². The lowest BCUT2D eigenvalue weighted by molar-refractivity contribution is 0.374. The van der Waals surface area contributed by atoms with Crippen LogP contribution in [0, 0.1) is 0 Å². The molecule has 1 aliphatic rings. The largest absolute Gasteiger partial charge is 0.467 e. The van der Waals surface area contributed by atoms with Gasteiger partial charge in [-0.05, 0) is 47.3 Å². The molecule has 3 rings (SSSR count). The lowest BCUT2D eigenvalue weighted by Gasteiger charge is -2.26. The molecule has 0 bridgehead atoms. The fourth-order valence-corrected chi connectivity index (χ4v) is 4.67. The maximum atomic E-state index is 12.5. The van der Waals surface area contributed by atoms with Crippen LogP contribution in [0.1, 0.15) is 25.1 Å². The molecule has 0 radical (unpaired) electrons. The van der Waals surface area contributed by atoms with Gasteiger partial charge < -0.3 is 9.64 Å². The Morgan fingerprint density at radius 2 is 1.88 bits per heavy atom. The molecular weight excluding hydrogens is 422 g/mol. The lowest BCUT2D eigenvalue weighted by Crippen LogP contribution is -2.32. The Kier molecular flexibility index (Phi) is 6.05. The minimum atomic E-state index is -3.70. The van der Waals surface area contributed by atoms with E-state index >= 15 is 0 Å². The molecule has 10 heteroatoms. The number of nitrogens with zero attached hydrogens (tertiary/aromatic N) is 4. The van der Waals surface area contributed by atoms with Gasteiger partial charge >= 0.3 is 6.01 Å². The van der Waals surface area contributed by atoms with Crippen LogP contribution in [0.15, 0.2) is 33.6 Å². The minimum absolute atomic E-state index is 0.0522. The summed E-state index contributed by atoms with van der Waals surface area (Å²) in [5.41, 5.74) is 0. The second-order valence-corrected chi connectivity index (χ2v) is 8.43. The van der Waals surface area contributed by atoms with Crippen LogP contribution in [0.2, 0.25) is 0 Å². The number of methoxy groups -OCH3 is 1. The first kappa shape index (κ1) is 19.0. The van der Waals surface area contributed by atoms with Crippen LogP contribution in [0.4, 0.5) is 5.95 Å². The summed E-state index contributed by atoms with van der Waals surface area (Å²) < 4.78 is 33.2. The molecule has 1 saturated heterocycles. The zero-order valence-electron chi connectivity index (χ0n) is 14.4. The number of benzene rings is 1. The molecule has 8 nitrogen and oxygen atoms in total. The van der Waals surface area contributed by atoms with E-state index < -0.39 is 10.0 Å². The number of nitrogens with one attached hydrogen (secondary N) is 1. The lowest BCUT2D eigenvalue weighted by atomic mass is 10.1. The van der Waals surface area contributed by atoms with E-state index in [0.717, 1.165) is 25.9 Å². The number of aromatic nitrogens is 3. The van der Waals surface area contributed by atoms with E-state index in [1.165, 1.54) is 19.6 Å². The summed E-state index contributed by atoms with van der Waals surface area (Å²) in [6.45, 7) is 1.69. The molecular formula is C16H20BrN5O3S. The highest BCUT2D eigenvalue weighted by molar-refractivity contribution is 9.10. The molecule has 0 amide bonds. The van der Waals surface area contributed by atoms with Gasteiger partial charge in [-0.15, -0.1) is 0 Å². The first-order valence-electron chi connectivity index (χ1n) is 8.28. The minimum Gasteiger partial charge on any atom is -0.467 e. The van der Waals surface area contributed by atoms with E-state index in [4.69, 9.17) is 4.74 Å². The Labute approximate surface area is 161 Å². The van der Waals surface area contributed by atoms with Gasteiger partial charge in [0.25, 0.3) is 0 Å². The molecule has 2 aromatic rings. The molecule has 1 aromatic heterocycles. The Morgan fingerprint density at radius 1 is 1.15 bits per heavy atom. The number of ether oxygens (including phenoxy) is 1. The highest BCUT2D eigenvalue weighted by Gasteiger charge is 2.20. The van der Waals surface area contributed by atoms with Gasteiger partial charge in [-0.25, -0.2) is 13.1 Å². The molecule has 0 saturated carbocycles. The summed E-state index contributed by atoms with van der Waals surface area (Å²) in [5.74, 6) is 0.833. The highest BCUT2D eigenvalue weighted by atomic mass is 79.9. The normalized spacial score (nSPS) is 15.1. The van der Waals surface area contributed by atoms with Crippen molar-refractivity contribution in [2.24, 2.45) is 0 Å². The summed E-state index contributed by atoms with van der Waals surface area (Å²) in [4.78, 5) is 15.1. The quantitative estimate of drug-likeness (QED) is 0.732. The van der Waals surface area contributed by atoms with E-state index in [2.05, 4.69) is 40.5 Å². The molecule has 140 valence electrons. The van der Waals surface area contributed by atoms with Gasteiger partial charge in [-0.1, -0.05) is 12.1 Å². The van der Waals surface area contributed by atoms with Crippen molar-refractivity contribution in [2.45, 2.75) is 30.7 Å². The van der Waals surface area contributed by atoms with Crippen LogP contribution in [0.3, 0.4) is 0 Å². The summed E-state index contributed by atoms with van der Waals surface area (Å²) in [6.07, 6.45) is 3.35. The zero-order valence-corrected chi connectivity index (χ0v) is 16.8. The summed E-state index contributed by atoms with van der Waals surface area (Å²) >= 11 is 3.26. The summed E-state index contributed by atoms with van der Waals surface area (Å²) in [5, 5.41) is 0. The van der Waals surface area contributed by atoms with Gasteiger partial charge in [0.05, 0.1) is 18.6 Å². The highest BCUT2D eigenvalue weighted by Crippen LogP contribution is 2.21. The Bertz CT molecular complexity index is 872. The number of hydrogen-bond donors (Lipinski definition) is 1. The van der Waals surface area contributed by atoms with Crippen molar-refractivity contribution in [2.75, 3.05) is 25.1 Å². The molecule has 1 aromatic carbocycles. The molecule has 0 unspecified atom stereocenters. The Morgan fingerprint density at radius 3 is 2.58 bits per heavy atom. The third kappa shape index (κ3) is 4.49. The van der Waals surface area contributed by atoms with E-state index in [-0.39, 0.29) is 17.5 Å². The van der Waals surface area contributed by atoms with Crippen LogP contribution < -0.4 is 14.4 Å². The van der Waals surface area contributed by atoms with Crippen molar-refractivity contribution in [1.82, 2.24) is 19.7 Å². The number of hydrogen-bond acceptors (Lipinski definition) is 7.